The van der Waals surface area contributed by atoms with Crippen molar-refractivity contribution in [1.82, 2.24) is 9.80 Å². The van der Waals surface area contributed by atoms with Gasteiger partial charge in [0, 0.05) is 39.9 Å². The Bertz CT molecular complexity index is 305. The quantitative estimate of drug-likeness (QED) is 0.585. The van der Waals surface area contributed by atoms with Crippen LogP contribution in [0.25, 0.3) is 0 Å². The number of aliphatic carboxylic acids is 1. The largest absolute Gasteiger partial charge is 0.481 e. The van der Waals surface area contributed by atoms with Gasteiger partial charge in [-0.15, -0.1) is 0 Å². The van der Waals surface area contributed by atoms with Gasteiger partial charge in [-0.1, -0.05) is 0 Å². The maximum atomic E-state index is 12.1. The van der Waals surface area contributed by atoms with Gasteiger partial charge in [0.1, 0.15) is 0 Å². The second-order valence-electron chi connectivity index (χ2n) is 4.76. The number of hydrogen-bond acceptors (Lipinski definition) is 5. The van der Waals surface area contributed by atoms with Crippen molar-refractivity contribution in [3.8, 4) is 0 Å². The van der Waals surface area contributed by atoms with Gasteiger partial charge in [0.05, 0.1) is 26.2 Å². The van der Waals surface area contributed by atoms with Crippen molar-refractivity contribution >= 4 is 11.9 Å². The molecular formula is C13H24N2O5. The maximum absolute atomic E-state index is 12.1. The third-order valence-electron chi connectivity index (χ3n) is 3.19. The molecule has 1 rings (SSSR count). The molecular weight excluding hydrogens is 264 g/mol. The molecule has 0 radical (unpaired) electrons. The minimum Gasteiger partial charge on any atom is -0.481 e. The topological polar surface area (TPSA) is 79.3 Å². The minimum absolute atomic E-state index is 0.0381. The number of carboxylic acid groups (broad SMARTS) is 1. The molecule has 0 atom stereocenters. The highest BCUT2D eigenvalue weighted by Crippen LogP contribution is 2.02. The molecule has 0 aromatic rings. The molecule has 1 N–H and O–H groups in total. The molecule has 0 bridgehead atoms. The number of carbonyl (C=O) groups excluding carboxylic acids is 1. The van der Waals surface area contributed by atoms with Crippen molar-refractivity contribution in [3.63, 3.8) is 0 Å². The fraction of sp³-hybridized carbons (Fsp3) is 0.846. The van der Waals surface area contributed by atoms with E-state index >= 15 is 0 Å². The van der Waals surface area contributed by atoms with Crippen LogP contribution in [0.1, 0.15) is 12.8 Å². The van der Waals surface area contributed by atoms with E-state index in [2.05, 4.69) is 0 Å². The van der Waals surface area contributed by atoms with Crippen molar-refractivity contribution in [3.05, 3.63) is 0 Å². The number of amides is 1. The molecule has 1 aliphatic heterocycles. The standard InChI is InChI=1S/C13H24N2O5/c1-19-8-2-4-14(5-3-13(17)18)11-12(16)15-6-9-20-10-7-15/h2-11H2,1H3,(H,17,18). The number of methoxy groups -OCH3 is 1. The van der Waals surface area contributed by atoms with Crippen molar-refractivity contribution in [2.75, 3.05) is 59.7 Å². The normalized spacial score (nSPS) is 15.6. The van der Waals surface area contributed by atoms with Gasteiger partial charge in [0.25, 0.3) is 0 Å². The predicted octanol–water partition coefficient (Wildman–Crippen LogP) is -0.342. The molecule has 0 spiro atoms. The predicted molar refractivity (Wildman–Crippen MR) is 72.6 cm³/mol. The van der Waals surface area contributed by atoms with Crippen LogP contribution in [0, 0.1) is 0 Å². The average molecular weight is 288 g/mol. The SMILES string of the molecule is COCCCN(CCC(=O)O)CC(=O)N1CCOCC1. The summed E-state index contributed by atoms with van der Waals surface area (Å²) >= 11 is 0. The van der Waals surface area contributed by atoms with E-state index < -0.39 is 5.97 Å². The Morgan fingerprint density at radius 3 is 2.60 bits per heavy atom. The molecule has 20 heavy (non-hydrogen) atoms. The summed E-state index contributed by atoms with van der Waals surface area (Å²) in [5.74, 6) is -0.809. The van der Waals surface area contributed by atoms with E-state index in [1.807, 2.05) is 4.90 Å². The van der Waals surface area contributed by atoms with E-state index in [-0.39, 0.29) is 18.9 Å². The molecule has 7 nitrogen and oxygen atoms in total. The Hall–Kier alpha value is -1.18. The molecule has 1 fully saturated rings. The van der Waals surface area contributed by atoms with Gasteiger partial charge < -0.3 is 19.5 Å². The van der Waals surface area contributed by atoms with E-state index in [1.165, 1.54) is 0 Å². The smallest absolute Gasteiger partial charge is 0.304 e. The van der Waals surface area contributed by atoms with Gasteiger partial charge in [-0.05, 0) is 6.42 Å². The molecule has 0 aliphatic carbocycles. The van der Waals surface area contributed by atoms with Crippen LogP contribution in [-0.2, 0) is 19.1 Å². The first-order valence-corrected chi connectivity index (χ1v) is 6.92. The summed E-state index contributed by atoms with van der Waals surface area (Å²) in [5.41, 5.74) is 0. The van der Waals surface area contributed by atoms with Crippen LogP contribution >= 0.6 is 0 Å². The molecule has 7 heteroatoms. The van der Waals surface area contributed by atoms with Gasteiger partial charge in [-0.25, -0.2) is 0 Å². The zero-order chi connectivity index (χ0) is 14.8. The number of rotatable bonds is 9. The van der Waals surface area contributed by atoms with Crippen LogP contribution in [-0.4, -0.2) is 86.4 Å². The third kappa shape index (κ3) is 6.83. The maximum Gasteiger partial charge on any atom is 0.304 e. The van der Waals surface area contributed by atoms with E-state index in [4.69, 9.17) is 14.6 Å². The van der Waals surface area contributed by atoms with Gasteiger partial charge >= 0.3 is 5.97 Å². The van der Waals surface area contributed by atoms with Crippen molar-refractivity contribution < 1.29 is 24.2 Å². The van der Waals surface area contributed by atoms with Gasteiger partial charge in [0.2, 0.25) is 5.91 Å². The van der Waals surface area contributed by atoms with Crippen molar-refractivity contribution in [2.45, 2.75) is 12.8 Å². The zero-order valence-electron chi connectivity index (χ0n) is 12.0. The first-order chi connectivity index (χ1) is 9.63. The molecule has 1 aliphatic rings. The van der Waals surface area contributed by atoms with E-state index in [0.717, 1.165) is 6.42 Å². The fourth-order valence-corrected chi connectivity index (χ4v) is 2.06. The Balaban J connectivity index is 2.39. The summed E-state index contributed by atoms with van der Waals surface area (Å²) in [5, 5.41) is 8.75. The first-order valence-electron chi connectivity index (χ1n) is 6.92. The first kappa shape index (κ1) is 16.9. The summed E-state index contributed by atoms with van der Waals surface area (Å²) < 4.78 is 10.2. The lowest BCUT2D eigenvalue weighted by Crippen LogP contribution is -2.46. The van der Waals surface area contributed by atoms with Crippen LogP contribution in [0.2, 0.25) is 0 Å². The van der Waals surface area contributed by atoms with Crippen molar-refractivity contribution in [2.24, 2.45) is 0 Å². The number of carboxylic acids is 1. The van der Waals surface area contributed by atoms with Gasteiger partial charge in [0.15, 0.2) is 0 Å². The summed E-state index contributed by atoms with van der Waals surface area (Å²) in [4.78, 5) is 26.4. The number of nitrogens with zero attached hydrogens (tertiary/aromatic N) is 2. The molecule has 0 saturated carbocycles. The molecule has 1 saturated heterocycles. The number of ether oxygens (including phenoxy) is 2. The Labute approximate surface area is 119 Å². The Morgan fingerprint density at radius 1 is 1.30 bits per heavy atom. The van der Waals surface area contributed by atoms with Crippen LogP contribution in [0.3, 0.4) is 0 Å². The second kappa shape index (κ2) is 9.68. The summed E-state index contributed by atoms with van der Waals surface area (Å²) in [6.45, 7) is 4.29. The lowest BCUT2D eigenvalue weighted by atomic mass is 10.3. The monoisotopic (exact) mass is 288 g/mol. The highest BCUT2D eigenvalue weighted by Gasteiger charge is 2.19. The second-order valence-corrected chi connectivity index (χ2v) is 4.76. The lowest BCUT2D eigenvalue weighted by molar-refractivity contribution is -0.139. The van der Waals surface area contributed by atoms with E-state index in [9.17, 15) is 9.59 Å². The van der Waals surface area contributed by atoms with Crippen LogP contribution in [0.15, 0.2) is 0 Å². The highest BCUT2D eigenvalue weighted by atomic mass is 16.5. The van der Waals surface area contributed by atoms with Crippen LogP contribution in [0.4, 0.5) is 0 Å². The molecule has 116 valence electrons. The minimum atomic E-state index is -0.847. The zero-order valence-corrected chi connectivity index (χ0v) is 12.0. The number of hydrogen-bond donors (Lipinski definition) is 1. The number of morpholine rings is 1. The van der Waals surface area contributed by atoms with Crippen LogP contribution < -0.4 is 0 Å². The number of carbonyl (C=O) groups is 2. The third-order valence-corrected chi connectivity index (χ3v) is 3.19. The Morgan fingerprint density at radius 2 is 2.00 bits per heavy atom. The summed E-state index contributed by atoms with van der Waals surface area (Å²) in [7, 11) is 1.63. The molecule has 0 aromatic heterocycles. The summed E-state index contributed by atoms with van der Waals surface area (Å²) in [6, 6.07) is 0. The molecule has 1 amide bonds. The molecule has 0 unspecified atom stereocenters. The lowest BCUT2D eigenvalue weighted by Gasteiger charge is -2.29. The van der Waals surface area contributed by atoms with E-state index in [0.29, 0.717) is 46.0 Å². The molecule has 0 aromatic carbocycles. The van der Waals surface area contributed by atoms with Gasteiger partial charge in [-0.2, -0.15) is 0 Å². The van der Waals surface area contributed by atoms with Crippen LogP contribution in [0.5, 0.6) is 0 Å². The summed E-state index contributed by atoms with van der Waals surface area (Å²) in [6.07, 6.45) is 0.829. The Kier molecular flexibility index (Phi) is 8.17. The van der Waals surface area contributed by atoms with E-state index in [1.54, 1.807) is 12.0 Å². The highest BCUT2D eigenvalue weighted by molar-refractivity contribution is 5.78. The molecule has 1 heterocycles. The average Bonchev–Trinajstić information content (AvgIpc) is 2.45. The van der Waals surface area contributed by atoms with Crippen molar-refractivity contribution in [1.29, 1.82) is 0 Å². The van der Waals surface area contributed by atoms with Gasteiger partial charge in [-0.3, -0.25) is 14.5 Å². The fourth-order valence-electron chi connectivity index (χ4n) is 2.06.